The average Bonchev–Trinajstić information content (AvgIpc) is 2.64. The van der Waals surface area contributed by atoms with Gasteiger partial charge in [-0.1, -0.05) is 37.5 Å². The van der Waals surface area contributed by atoms with Crippen LogP contribution in [0.3, 0.4) is 0 Å². The van der Waals surface area contributed by atoms with E-state index in [1.165, 1.54) is 42.8 Å². The van der Waals surface area contributed by atoms with Crippen molar-refractivity contribution < 1.29 is 5.11 Å². The number of fused-ring (bicyclic) bond motifs is 1. The molecule has 104 valence electrons. The van der Waals surface area contributed by atoms with Crippen LogP contribution in [0.25, 0.3) is 0 Å². The first-order valence-corrected chi connectivity index (χ1v) is 8.65. The van der Waals surface area contributed by atoms with Gasteiger partial charge in [-0.05, 0) is 49.7 Å². The van der Waals surface area contributed by atoms with Crippen LogP contribution < -0.4 is 0 Å². The standard InChI is InChI=1S/C17H24OS/c18-17-10-6-2-3-7-15(17)11-14(12-17)13-19-16-8-4-1-5-9-16/h1,4-5,8-9,14-15,18H,2-3,6-7,10-13H2/t14-,15+,17-/m0/s1. The SMILES string of the molecule is O[C@]12CCCCC[C@@H]1C[C@H](CSc1ccccc1)C2. The third kappa shape index (κ3) is 3.17. The van der Waals surface area contributed by atoms with Gasteiger partial charge in [0.05, 0.1) is 5.60 Å². The highest BCUT2D eigenvalue weighted by Crippen LogP contribution is 2.48. The number of rotatable bonds is 3. The van der Waals surface area contributed by atoms with Gasteiger partial charge in [-0.25, -0.2) is 0 Å². The fourth-order valence-corrected chi connectivity index (χ4v) is 4.95. The summed E-state index contributed by atoms with van der Waals surface area (Å²) in [6, 6.07) is 10.7. The quantitative estimate of drug-likeness (QED) is 0.820. The smallest absolute Gasteiger partial charge is 0.0678 e. The molecule has 2 saturated carbocycles. The number of hydrogen-bond donors (Lipinski definition) is 1. The third-order valence-electron chi connectivity index (χ3n) is 4.91. The summed E-state index contributed by atoms with van der Waals surface area (Å²) in [6.45, 7) is 0. The van der Waals surface area contributed by atoms with Crippen molar-refractivity contribution in [1.82, 2.24) is 0 Å². The lowest BCUT2D eigenvalue weighted by atomic mass is 9.86. The van der Waals surface area contributed by atoms with E-state index in [1.54, 1.807) is 0 Å². The Balaban J connectivity index is 1.56. The van der Waals surface area contributed by atoms with Crippen molar-refractivity contribution in [3.05, 3.63) is 30.3 Å². The van der Waals surface area contributed by atoms with E-state index in [0.29, 0.717) is 11.8 Å². The predicted octanol–water partition coefficient (Wildman–Crippen LogP) is 4.50. The molecule has 19 heavy (non-hydrogen) atoms. The van der Waals surface area contributed by atoms with Gasteiger partial charge in [-0.3, -0.25) is 0 Å². The third-order valence-corrected chi connectivity index (χ3v) is 6.15. The Morgan fingerprint density at radius 2 is 2.00 bits per heavy atom. The minimum atomic E-state index is -0.321. The van der Waals surface area contributed by atoms with Crippen LogP contribution in [0.2, 0.25) is 0 Å². The van der Waals surface area contributed by atoms with Crippen LogP contribution >= 0.6 is 11.8 Å². The molecule has 0 saturated heterocycles. The number of thioether (sulfide) groups is 1. The lowest BCUT2D eigenvalue weighted by Gasteiger charge is -2.27. The molecule has 0 bridgehead atoms. The molecule has 1 nitrogen and oxygen atoms in total. The van der Waals surface area contributed by atoms with Gasteiger partial charge in [0.2, 0.25) is 0 Å². The maximum atomic E-state index is 10.8. The number of benzene rings is 1. The zero-order valence-corrected chi connectivity index (χ0v) is 12.4. The highest BCUT2D eigenvalue weighted by Gasteiger charge is 2.45. The second kappa shape index (κ2) is 5.88. The molecule has 0 aliphatic heterocycles. The van der Waals surface area contributed by atoms with Crippen molar-refractivity contribution in [2.75, 3.05) is 5.75 Å². The summed E-state index contributed by atoms with van der Waals surface area (Å²) < 4.78 is 0. The van der Waals surface area contributed by atoms with Gasteiger partial charge < -0.3 is 5.11 Å². The Morgan fingerprint density at radius 3 is 2.84 bits per heavy atom. The summed E-state index contributed by atoms with van der Waals surface area (Å²) in [5.74, 6) is 2.46. The van der Waals surface area contributed by atoms with Crippen LogP contribution in [0.15, 0.2) is 35.2 Å². The van der Waals surface area contributed by atoms with Crippen LogP contribution in [-0.4, -0.2) is 16.5 Å². The molecule has 0 spiro atoms. The molecule has 1 N–H and O–H groups in total. The highest BCUT2D eigenvalue weighted by atomic mass is 32.2. The molecule has 3 atom stereocenters. The Bertz CT molecular complexity index is 405. The zero-order valence-electron chi connectivity index (χ0n) is 11.6. The molecular weight excluding hydrogens is 252 g/mol. The Morgan fingerprint density at radius 1 is 1.16 bits per heavy atom. The van der Waals surface area contributed by atoms with Crippen molar-refractivity contribution in [2.45, 2.75) is 55.4 Å². The predicted molar refractivity (Wildman–Crippen MR) is 81.4 cm³/mol. The maximum Gasteiger partial charge on any atom is 0.0678 e. The zero-order chi connectivity index (χ0) is 13.1. The van der Waals surface area contributed by atoms with E-state index < -0.39 is 0 Å². The van der Waals surface area contributed by atoms with Crippen molar-refractivity contribution >= 4 is 11.8 Å². The molecule has 2 aliphatic rings. The largest absolute Gasteiger partial charge is 0.390 e. The van der Waals surface area contributed by atoms with Crippen molar-refractivity contribution in [3.8, 4) is 0 Å². The first-order chi connectivity index (χ1) is 9.26. The molecule has 0 radical (unpaired) electrons. The first-order valence-electron chi connectivity index (χ1n) is 7.66. The van der Waals surface area contributed by atoms with Gasteiger partial charge in [0.25, 0.3) is 0 Å². The minimum absolute atomic E-state index is 0.321. The highest BCUT2D eigenvalue weighted by molar-refractivity contribution is 7.99. The molecule has 3 rings (SSSR count). The number of hydrogen-bond acceptors (Lipinski definition) is 2. The molecule has 0 unspecified atom stereocenters. The molecule has 2 aliphatic carbocycles. The van der Waals surface area contributed by atoms with Gasteiger partial charge >= 0.3 is 0 Å². The van der Waals surface area contributed by atoms with Gasteiger partial charge in [0.15, 0.2) is 0 Å². The maximum absolute atomic E-state index is 10.8. The van der Waals surface area contributed by atoms with E-state index in [0.717, 1.165) is 12.8 Å². The molecular formula is C17H24OS. The van der Waals surface area contributed by atoms with E-state index in [1.807, 2.05) is 11.8 Å². The number of aliphatic hydroxyl groups is 1. The lowest BCUT2D eigenvalue weighted by Crippen LogP contribution is -2.31. The molecule has 0 aromatic heterocycles. The fraction of sp³-hybridized carbons (Fsp3) is 0.647. The van der Waals surface area contributed by atoms with Crippen LogP contribution in [0.1, 0.15) is 44.9 Å². The fourth-order valence-electron chi connectivity index (χ4n) is 3.92. The Labute approximate surface area is 120 Å². The summed E-state index contributed by atoms with van der Waals surface area (Å²) in [4.78, 5) is 1.36. The molecule has 1 aromatic rings. The molecule has 2 heteroatoms. The second-order valence-corrected chi connectivity index (χ2v) is 7.42. The molecule has 0 amide bonds. The summed E-state index contributed by atoms with van der Waals surface area (Å²) in [7, 11) is 0. The van der Waals surface area contributed by atoms with Gasteiger partial charge in [0, 0.05) is 10.6 Å². The van der Waals surface area contributed by atoms with E-state index in [4.69, 9.17) is 0 Å². The molecule has 2 fully saturated rings. The van der Waals surface area contributed by atoms with Crippen molar-refractivity contribution in [1.29, 1.82) is 0 Å². The summed E-state index contributed by atoms with van der Waals surface area (Å²) in [5, 5.41) is 10.8. The van der Waals surface area contributed by atoms with Crippen LogP contribution in [-0.2, 0) is 0 Å². The monoisotopic (exact) mass is 276 g/mol. The van der Waals surface area contributed by atoms with Crippen molar-refractivity contribution in [3.63, 3.8) is 0 Å². The van der Waals surface area contributed by atoms with Gasteiger partial charge in [-0.2, -0.15) is 0 Å². The topological polar surface area (TPSA) is 20.2 Å². The molecule has 0 heterocycles. The van der Waals surface area contributed by atoms with E-state index >= 15 is 0 Å². The van der Waals surface area contributed by atoms with E-state index in [-0.39, 0.29) is 5.60 Å². The summed E-state index contributed by atoms with van der Waals surface area (Å²) in [5.41, 5.74) is -0.321. The lowest BCUT2D eigenvalue weighted by molar-refractivity contribution is -0.00489. The second-order valence-electron chi connectivity index (χ2n) is 6.33. The normalized spacial score (nSPS) is 34.8. The summed E-state index contributed by atoms with van der Waals surface area (Å²) in [6.07, 6.45) is 8.46. The Hall–Kier alpha value is -0.470. The Kier molecular flexibility index (Phi) is 4.18. The van der Waals surface area contributed by atoms with Gasteiger partial charge in [0.1, 0.15) is 0 Å². The first kappa shape index (κ1) is 13.5. The molecule has 1 aromatic carbocycles. The minimum Gasteiger partial charge on any atom is -0.390 e. The van der Waals surface area contributed by atoms with Crippen LogP contribution in [0.4, 0.5) is 0 Å². The van der Waals surface area contributed by atoms with E-state index in [9.17, 15) is 5.11 Å². The average molecular weight is 276 g/mol. The summed E-state index contributed by atoms with van der Waals surface area (Å²) >= 11 is 1.96. The van der Waals surface area contributed by atoms with Crippen LogP contribution in [0, 0.1) is 11.8 Å². The van der Waals surface area contributed by atoms with Crippen molar-refractivity contribution in [2.24, 2.45) is 11.8 Å². The van der Waals surface area contributed by atoms with Gasteiger partial charge in [-0.15, -0.1) is 11.8 Å². The van der Waals surface area contributed by atoms with E-state index in [2.05, 4.69) is 30.3 Å². The van der Waals surface area contributed by atoms with Crippen LogP contribution in [0.5, 0.6) is 0 Å².